The summed E-state index contributed by atoms with van der Waals surface area (Å²) in [5.74, 6) is 1.69. The van der Waals surface area contributed by atoms with Crippen LogP contribution in [0, 0.1) is 11.8 Å². The lowest BCUT2D eigenvalue weighted by atomic mass is 9.80. The van der Waals surface area contributed by atoms with Gasteiger partial charge in [0.2, 0.25) is 10.0 Å². The van der Waals surface area contributed by atoms with Crippen molar-refractivity contribution in [1.82, 2.24) is 10.0 Å². The third kappa shape index (κ3) is 5.36. The van der Waals surface area contributed by atoms with E-state index in [4.69, 9.17) is 0 Å². The molecule has 0 spiro atoms. The fraction of sp³-hybridized carbons (Fsp3) is 1.00. The summed E-state index contributed by atoms with van der Waals surface area (Å²) in [7, 11) is -3.03. The highest BCUT2D eigenvalue weighted by atomic mass is 32.2. The Morgan fingerprint density at radius 1 is 1.18 bits per heavy atom. The zero-order chi connectivity index (χ0) is 12.9. The van der Waals surface area contributed by atoms with Crippen LogP contribution in [0.2, 0.25) is 0 Å². The Balaban J connectivity index is 2.19. The molecular weight excluding hydrogens is 236 g/mol. The summed E-state index contributed by atoms with van der Waals surface area (Å²) >= 11 is 0. The molecule has 1 saturated carbocycles. The maximum atomic E-state index is 11.2. The lowest BCUT2D eigenvalue weighted by Crippen LogP contribution is -2.42. The minimum atomic E-state index is -3.03. The summed E-state index contributed by atoms with van der Waals surface area (Å²) in [6.45, 7) is 7.46. The van der Waals surface area contributed by atoms with E-state index in [1.165, 1.54) is 19.3 Å². The first-order valence-corrected chi connectivity index (χ1v) is 8.30. The standard InChI is InChI=1S/C12H26N2O2S/c1-4-17(15,16)14-8-7-13-12-6-5-10(2)9-11(12)3/h10-14H,4-9H2,1-3H3/t10-,11-,12+/m0/s1. The highest BCUT2D eigenvalue weighted by Gasteiger charge is 2.24. The van der Waals surface area contributed by atoms with E-state index in [0.29, 0.717) is 18.5 Å². The molecule has 0 unspecified atom stereocenters. The molecule has 0 aliphatic heterocycles. The molecule has 2 N–H and O–H groups in total. The summed E-state index contributed by atoms with van der Waals surface area (Å²) in [5.41, 5.74) is 0. The predicted molar refractivity (Wildman–Crippen MR) is 71.4 cm³/mol. The van der Waals surface area contributed by atoms with Crippen LogP contribution in [0.25, 0.3) is 0 Å². The molecule has 4 nitrogen and oxygen atoms in total. The first-order chi connectivity index (χ1) is 7.94. The maximum absolute atomic E-state index is 11.2. The number of hydrogen-bond donors (Lipinski definition) is 2. The van der Waals surface area contributed by atoms with Gasteiger partial charge >= 0.3 is 0 Å². The third-order valence-corrected chi connectivity index (χ3v) is 5.07. The molecule has 5 heteroatoms. The highest BCUT2D eigenvalue weighted by molar-refractivity contribution is 7.89. The van der Waals surface area contributed by atoms with Gasteiger partial charge in [0.05, 0.1) is 5.75 Å². The Bertz CT molecular complexity index is 316. The van der Waals surface area contributed by atoms with Crippen molar-refractivity contribution in [1.29, 1.82) is 0 Å². The topological polar surface area (TPSA) is 58.2 Å². The molecule has 0 heterocycles. The molecule has 1 rings (SSSR count). The van der Waals surface area contributed by atoms with Crippen LogP contribution in [0.1, 0.15) is 40.0 Å². The van der Waals surface area contributed by atoms with Crippen LogP contribution in [0.3, 0.4) is 0 Å². The van der Waals surface area contributed by atoms with E-state index in [1.54, 1.807) is 6.92 Å². The van der Waals surface area contributed by atoms with Gasteiger partial charge in [-0.2, -0.15) is 0 Å². The second kappa shape index (κ2) is 6.71. The third-order valence-electron chi connectivity index (χ3n) is 3.67. The number of rotatable bonds is 6. The predicted octanol–water partition coefficient (Wildman–Crippen LogP) is 1.34. The summed E-state index contributed by atoms with van der Waals surface area (Å²) < 4.78 is 25.0. The van der Waals surface area contributed by atoms with Crippen molar-refractivity contribution in [2.24, 2.45) is 11.8 Å². The molecule has 0 aromatic rings. The maximum Gasteiger partial charge on any atom is 0.211 e. The van der Waals surface area contributed by atoms with Crippen LogP contribution in [-0.2, 0) is 10.0 Å². The number of sulfonamides is 1. The van der Waals surface area contributed by atoms with Crippen LogP contribution in [-0.4, -0.2) is 33.3 Å². The van der Waals surface area contributed by atoms with E-state index in [0.717, 1.165) is 12.5 Å². The zero-order valence-corrected chi connectivity index (χ0v) is 12.0. The zero-order valence-electron chi connectivity index (χ0n) is 11.2. The number of nitrogens with one attached hydrogen (secondary N) is 2. The molecule has 0 aromatic carbocycles. The monoisotopic (exact) mass is 262 g/mol. The molecular formula is C12H26N2O2S. The van der Waals surface area contributed by atoms with Gasteiger partial charge < -0.3 is 5.32 Å². The number of hydrogen-bond acceptors (Lipinski definition) is 3. The lowest BCUT2D eigenvalue weighted by molar-refractivity contribution is 0.229. The minimum Gasteiger partial charge on any atom is -0.312 e. The Morgan fingerprint density at radius 3 is 2.47 bits per heavy atom. The normalized spacial score (nSPS) is 30.4. The lowest BCUT2D eigenvalue weighted by Gasteiger charge is -2.33. The van der Waals surface area contributed by atoms with Crippen LogP contribution >= 0.6 is 0 Å². The second-order valence-electron chi connectivity index (χ2n) is 5.25. The fourth-order valence-electron chi connectivity index (χ4n) is 2.53. The van der Waals surface area contributed by atoms with Crippen LogP contribution in [0.15, 0.2) is 0 Å². The Morgan fingerprint density at radius 2 is 1.88 bits per heavy atom. The molecule has 0 bridgehead atoms. The van der Waals surface area contributed by atoms with Crippen molar-refractivity contribution in [2.45, 2.75) is 46.1 Å². The van der Waals surface area contributed by atoms with E-state index >= 15 is 0 Å². The van der Waals surface area contributed by atoms with E-state index < -0.39 is 10.0 Å². The van der Waals surface area contributed by atoms with E-state index in [-0.39, 0.29) is 5.75 Å². The molecule has 3 atom stereocenters. The highest BCUT2D eigenvalue weighted by Crippen LogP contribution is 2.28. The smallest absolute Gasteiger partial charge is 0.211 e. The van der Waals surface area contributed by atoms with E-state index in [2.05, 4.69) is 23.9 Å². The van der Waals surface area contributed by atoms with Gasteiger partial charge in [0, 0.05) is 19.1 Å². The molecule has 1 aliphatic carbocycles. The van der Waals surface area contributed by atoms with Crippen LogP contribution in [0.4, 0.5) is 0 Å². The van der Waals surface area contributed by atoms with Crippen molar-refractivity contribution in [3.05, 3.63) is 0 Å². The first kappa shape index (κ1) is 14.9. The Kier molecular flexibility index (Phi) is 5.89. The van der Waals surface area contributed by atoms with Crippen molar-refractivity contribution >= 4 is 10.0 Å². The van der Waals surface area contributed by atoms with Gasteiger partial charge in [-0.05, 0) is 38.0 Å². The van der Waals surface area contributed by atoms with Gasteiger partial charge in [0.1, 0.15) is 0 Å². The van der Waals surface area contributed by atoms with Gasteiger partial charge in [-0.15, -0.1) is 0 Å². The molecule has 1 aliphatic rings. The summed E-state index contributed by atoms with van der Waals surface area (Å²) in [5, 5.41) is 3.46. The van der Waals surface area contributed by atoms with Gasteiger partial charge in [0.25, 0.3) is 0 Å². The Hall–Kier alpha value is -0.130. The molecule has 0 radical (unpaired) electrons. The molecule has 0 aromatic heterocycles. The van der Waals surface area contributed by atoms with Crippen molar-refractivity contribution in [3.8, 4) is 0 Å². The average Bonchev–Trinajstić information content (AvgIpc) is 2.27. The quantitative estimate of drug-likeness (QED) is 0.710. The van der Waals surface area contributed by atoms with Crippen molar-refractivity contribution in [3.63, 3.8) is 0 Å². The van der Waals surface area contributed by atoms with Gasteiger partial charge in [-0.3, -0.25) is 0 Å². The molecule has 0 amide bonds. The average molecular weight is 262 g/mol. The summed E-state index contributed by atoms with van der Waals surface area (Å²) in [6, 6.07) is 0.553. The van der Waals surface area contributed by atoms with Crippen LogP contribution < -0.4 is 10.0 Å². The van der Waals surface area contributed by atoms with Gasteiger partial charge in [-0.1, -0.05) is 13.8 Å². The van der Waals surface area contributed by atoms with E-state index in [9.17, 15) is 8.42 Å². The van der Waals surface area contributed by atoms with Crippen molar-refractivity contribution in [2.75, 3.05) is 18.8 Å². The summed E-state index contributed by atoms with van der Waals surface area (Å²) in [6.07, 6.45) is 3.77. The Labute approximate surface area is 106 Å². The van der Waals surface area contributed by atoms with Crippen LogP contribution in [0.5, 0.6) is 0 Å². The van der Waals surface area contributed by atoms with Crippen molar-refractivity contribution < 1.29 is 8.42 Å². The molecule has 102 valence electrons. The second-order valence-corrected chi connectivity index (χ2v) is 7.35. The SMILES string of the molecule is CCS(=O)(=O)NCCN[C@@H]1CC[C@H](C)C[C@@H]1C. The molecule has 1 fully saturated rings. The summed E-state index contributed by atoms with van der Waals surface area (Å²) in [4.78, 5) is 0. The molecule has 17 heavy (non-hydrogen) atoms. The largest absolute Gasteiger partial charge is 0.312 e. The van der Waals surface area contributed by atoms with Gasteiger partial charge in [0.15, 0.2) is 0 Å². The van der Waals surface area contributed by atoms with E-state index in [1.807, 2.05) is 0 Å². The fourth-order valence-corrected chi connectivity index (χ4v) is 3.15. The first-order valence-electron chi connectivity index (χ1n) is 6.65. The minimum absolute atomic E-state index is 0.157. The molecule has 0 saturated heterocycles. The van der Waals surface area contributed by atoms with Gasteiger partial charge in [-0.25, -0.2) is 13.1 Å².